The molecule has 1 saturated heterocycles. The number of aryl methyl sites for hydroxylation is 2. The Morgan fingerprint density at radius 2 is 1.64 bits per heavy atom. The van der Waals surface area contributed by atoms with Crippen molar-refractivity contribution in [3.8, 4) is 5.75 Å². The van der Waals surface area contributed by atoms with E-state index in [4.69, 9.17) is 16.3 Å². The van der Waals surface area contributed by atoms with Gasteiger partial charge < -0.3 is 9.84 Å². The highest BCUT2D eigenvalue weighted by molar-refractivity contribution is 6.30. The molecule has 152 valence electrons. The number of benzene rings is 2. The topological polar surface area (TPSA) is 35.9 Å². The first kappa shape index (κ1) is 21.1. The predicted octanol–water partition coefficient (Wildman–Crippen LogP) is 3.82. The number of β-amino-alcohol motifs (C(OH)–C–C–N with tert-alkyl or cyclic N) is 1. The lowest BCUT2D eigenvalue weighted by Crippen LogP contribution is -2.48. The summed E-state index contributed by atoms with van der Waals surface area (Å²) in [4.78, 5) is 4.77. The zero-order valence-corrected chi connectivity index (χ0v) is 17.9. The van der Waals surface area contributed by atoms with E-state index in [0.29, 0.717) is 13.2 Å². The molecule has 1 heterocycles. The van der Waals surface area contributed by atoms with Crippen LogP contribution >= 0.6 is 11.6 Å². The van der Waals surface area contributed by atoms with Crippen molar-refractivity contribution >= 4 is 11.6 Å². The molecule has 1 fully saturated rings. The van der Waals surface area contributed by atoms with Crippen LogP contribution in [0.25, 0.3) is 0 Å². The maximum Gasteiger partial charge on any atom is 0.122 e. The van der Waals surface area contributed by atoms with Gasteiger partial charge in [0.25, 0.3) is 0 Å². The van der Waals surface area contributed by atoms with Crippen molar-refractivity contribution in [3.63, 3.8) is 0 Å². The van der Waals surface area contributed by atoms with Crippen molar-refractivity contribution in [2.45, 2.75) is 33.4 Å². The lowest BCUT2D eigenvalue weighted by Gasteiger charge is -2.35. The molecule has 5 heteroatoms. The molecule has 0 aliphatic carbocycles. The number of aliphatic hydroxyl groups excluding tert-OH is 1. The Morgan fingerprint density at radius 3 is 2.32 bits per heavy atom. The number of piperazine rings is 1. The van der Waals surface area contributed by atoms with E-state index in [0.717, 1.165) is 49.1 Å². The summed E-state index contributed by atoms with van der Waals surface area (Å²) in [6, 6.07) is 12.3. The minimum Gasteiger partial charge on any atom is -0.491 e. The van der Waals surface area contributed by atoms with Gasteiger partial charge in [0, 0.05) is 44.3 Å². The number of nitrogens with zero attached hydrogens (tertiary/aromatic N) is 2. The molecule has 0 radical (unpaired) electrons. The van der Waals surface area contributed by atoms with Crippen molar-refractivity contribution < 1.29 is 9.84 Å². The molecule has 0 saturated carbocycles. The predicted molar refractivity (Wildman–Crippen MR) is 115 cm³/mol. The molecule has 2 aromatic rings. The number of hydrogen-bond acceptors (Lipinski definition) is 4. The molecule has 0 amide bonds. The highest BCUT2D eigenvalue weighted by atomic mass is 35.5. The summed E-state index contributed by atoms with van der Waals surface area (Å²) in [5, 5.41) is 11.2. The molecule has 0 spiro atoms. The van der Waals surface area contributed by atoms with Crippen molar-refractivity contribution in [2.24, 2.45) is 0 Å². The average Bonchev–Trinajstić information content (AvgIpc) is 2.67. The third-order valence-electron chi connectivity index (χ3n) is 5.45. The van der Waals surface area contributed by atoms with Crippen LogP contribution in [0.4, 0.5) is 0 Å². The molecule has 1 aliphatic heterocycles. The van der Waals surface area contributed by atoms with Crippen LogP contribution in [0, 0.1) is 20.8 Å². The minimum absolute atomic E-state index is 0.328. The number of hydrogen-bond donors (Lipinski definition) is 1. The van der Waals surface area contributed by atoms with E-state index in [1.807, 2.05) is 18.2 Å². The summed E-state index contributed by atoms with van der Waals surface area (Å²) in [5.41, 5.74) is 4.84. The third-order valence-corrected chi connectivity index (χ3v) is 5.70. The Labute approximate surface area is 173 Å². The summed E-state index contributed by atoms with van der Waals surface area (Å²) >= 11 is 5.96. The smallest absolute Gasteiger partial charge is 0.122 e. The Balaban J connectivity index is 1.41. The van der Waals surface area contributed by atoms with Crippen LogP contribution in [-0.4, -0.2) is 60.3 Å². The fourth-order valence-corrected chi connectivity index (χ4v) is 3.79. The zero-order chi connectivity index (χ0) is 20.1. The second-order valence-corrected chi connectivity index (χ2v) is 8.31. The molecule has 28 heavy (non-hydrogen) atoms. The van der Waals surface area contributed by atoms with Crippen LogP contribution in [0.3, 0.4) is 0 Å². The van der Waals surface area contributed by atoms with Crippen molar-refractivity contribution in [1.29, 1.82) is 0 Å². The highest BCUT2D eigenvalue weighted by Gasteiger charge is 2.20. The molecule has 1 atom stereocenters. The SMILES string of the molecule is Cc1cc(C)c(C)c(OCC(O)CN2CCN(Cc3ccc(Cl)cc3)CC2)c1. The quantitative estimate of drug-likeness (QED) is 0.763. The van der Waals surface area contributed by atoms with Crippen LogP contribution in [0.1, 0.15) is 22.3 Å². The van der Waals surface area contributed by atoms with Gasteiger partial charge in [-0.05, 0) is 61.2 Å². The summed E-state index contributed by atoms with van der Waals surface area (Å²) in [5.74, 6) is 0.879. The fraction of sp³-hybridized carbons (Fsp3) is 0.478. The molecule has 1 aliphatic rings. The molecular formula is C23H31ClN2O2. The molecule has 3 rings (SSSR count). The van der Waals surface area contributed by atoms with Gasteiger partial charge in [-0.1, -0.05) is 29.8 Å². The van der Waals surface area contributed by atoms with E-state index in [9.17, 15) is 5.11 Å². The van der Waals surface area contributed by atoms with E-state index in [1.165, 1.54) is 16.7 Å². The second kappa shape index (κ2) is 9.75. The van der Waals surface area contributed by atoms with Crippen LogP contribution in [0.5, 0.6) is 5.75 Å². The molecule has 2 aromatic carbocycles. The minimum atomic E-state index is -0.483. The normalized spacial score (nSPS) is 16.9. The summed E-state index contributed by atoms with van der Waals surface area (Å²) < 4.78 is 5.91. The van der Waals surface area contributed by atoms with Crippen LogP contribution in [-0.2, 0) is 6.54 Å². The van der Waals surface area contributed by atoms with Crippen LogP contribution in [0.15, 0.2) is 36.4 Å². The van der Waals surface area contributed by atoms with Crippen molar-refractivity contribution in [3.05, 3.63) is 63.7 Å². The third kappa shape index (κ3) is 5.95. The van der Waals surface area contributed by atoms with Crippen LogP contribution in [0.2, 0.25) is 5.02 Å². The monoisotopic (exact) mass is 402 g/mol. The largest absolute Gasteiger partial charge is 0.491 e. The Kier molecular flexibility index (Phi) is 7.36. The number of rotatable bonds is 7. The summed E-state index contributed by atoms with van der Waals surface area (Å²) in [6.07, 6.45) is -0.483. The number of halogens is 1. The average molecular weight is 403 g/mol. The Bertz CT molecular complexity index is 771. The van der Waals surface area contributed by atoms with Gasteiger partial charge in [-0.2, -0.15) is 0 Å². The van der Waals surface area contributed by atoms with Crippen molar-refractivity contribution in [1.82, 2.24) is 9.80 Å². The van der Waals surface area contributed by atoms with Gasteiger partial charge in [-0.15, -0.1) is 0 Å². The zero-order valence-electron chi connectivity index (χ0n) is 17.1. The lowest BCUT2D eigenvalue weighted by molar-refractivity contribution is 0.0444. The fourth-order valence-electron chi connectivity index (χ4n) is 3.67. The molecule has 1 unspecified atom stereocenters. The maximum absolute atomic E-state index is 10.4. The Hall–Kier alpha value is -1.59. The van der Waals surface area contributed by atoms with Crippen LogP contribution < -0.4 is 4.74 Å². The standard InChI is InChI=1S/C23H31ClN2O2/c1-17-12-18(2)19(3)23(13-17)28-16-22(27)15-26-10-8-25(9-11-26)14-20-4-6-21(24)7-5-20/h4-7,12-13,22,27H,8-11,14-16H2,1-3H3. The number of aliphatic hydroxyl groups is 1. The first-order valence-corrected chi connectivity index (χ1v) is 10.4. The summed E-state index contributed by atoms with van der Waals surface area (Å²) in [7, 11) is 0. The van der Waals surface area contributed by atoms with E-state index < -0.39 is 6.10 Å². The van der Waals surface area contributed by atoms with Gasteiger partial charge in [0.05, 0.1) is 0 Å². The molecule has 0 aromatic heterocycles. The molecular weight excluding hydrogens is 372 g/mol. The van der Waals surface area contributed by atoms with E-state index in [-0.39, 0.29) is 0 Å². The highest BCUT2D eigenvalue weighted by Crippen LogP contribution is 2.23. The van der Waals surface area contributed by atoms with E-state index in [1.54, 1.807) is 0 Å². The van der Waals surface area contributed by atoms with Gasteiger partial charge in [0.2, 0.25) is 0 Å². The Morgan fingerprint density at radius 1 is 1.00 bits per heavy atom. The van der Waals surface area contributed by atoms with Gasteiger partial charge in [-0.25, -0.2) is 0 Å². The van der Waals surface area contributed by atoms with Gasteiger partial charge in [0.15, 0.2) is 0 Å². The van der Waals surface area contributed by atoms with E-state index >= 15 is 0 Å². The van der Waals surface area contributed by atoms with Gasteiger partial charge >= 0.3 is 0 Å². The van der Waals surface area contributed by atoms with Crippen molar-refractivity contribution in [2.75, 3.05) is 39.3 Å². The van der Waals surface area contributed by atoms with Gasteiger partial charge in [0.1, 0.15) is 18.5 Å². The maximum atomic E-state index is 10.4. The first-order chi connectivity index (χ1) is 13.4. The summed E-state index contributed by atoms with van der Waals surface area (Å²) in [6.45, 7) is 12.1. The van der Waals surface area contributed by atoms with E-state index in [2.05, 4.69) is 48.8 Å². The molecule has 1 N–H and O–H groups in total. The second-order valence-electron chi connectivity index (χ2n) is 7.87. The lowest BCUT2D eigenvalue weighted by atomic mass is 10.1. The number of ether oxygens (including phenoxy) is 1. The molecule has 0 bridgehead atoms. The van der Waals surface area contributed by atoms with Gasteiger partial charge in [-0.3, -0.25) is 9.80 Å². The first-order valence-electron chi connectivity index (χ1n) is 9.98. The molecule has 4 nitrogen and oxygen atoms in total.